The van der Waals surface area contributed by atoms with Crippen molar-refractivity contribution in [3.8, 4) is 0 Å². The van der Waals surface area contributed by atoms with Crippen LogP contribution >= 0.6 is 0 Å². The molecule has 256 valence electrons. The Hall–Kier alpha value is -0.680. The van der Waals surface area contributed by atoms with E-state index in [1.807, 2.05) is 0 Å². The van der Waals surface area contributed by atoms with E-state index in [0.717, 1.165) is 0 Å². The van der Waals surface area contributed by atoms with Crippen molar-refractivity contribution >= 4 is 0 Å². The summed E-state index contributed by atoms with van der Waals surface area (Å²) in [6, 6.07) is 0. The van der Waals surface area contributed by atoms with E-state index in [1.165, 1.54) is 0 Å². The fourth-order valence-electron chi connectivity index (χ4n) is 7.30. The molecule has 8 unspecified atom stereocenters. The standard InChI is InChI=1S/C27H46O17/c28-6-16-19(34)21(36)23(38)26(43-16)41-14-4-9(30)3-13-10(14)5-15(25(40-13)8-1-11(31)18(33)12(32)2-8)42-27-24(39)22(37)20(35)17(7-29)44-27/h8-39H,1-7H2/t8?,9?,10?,11?,12?,13?,14?,15?,16-,17-,18?,19+,20+,21-,22-,23-,24-,25?,26-,27-/m1/s1. The molecule has 0 amide bonds. The third-order valence-corrected chi connectivity index (χ3v) is 9.82. The van der Waals surface area contributed by atoms with Crippen LogP contribution in [0.2, 0.25) is 0 Å². The first kappa shape index (κ1) is 34.6. The molecular formula is C27H46O17. The highest BCUT2D eigenvalue weighted by atomic mass is 16.7. The van der Waals surface area contributed by atoms with Crippen molar-refractivity contribution in [1.29, 1.82) is 0 Å². The second-order valence-electron chi connectivity index (χ2n) is 12.8. The van der Waals surface area contributed by atoms with Gasteiger partial charge in [0, 0.05) is 12.3 Å². The maximum absolute atomic E-state index is 10.7. The molecule has 5 rings (SSSR count). The average molecular weight is 643 g/mol. The Morgan fingerprint density at radius 2 is 1.00 bits per heavy atom. The van der Waals surface area contributed by atoms with Crippen molar-refractivity contribution in [2.75, 3.05) is 13.2 Å². The van der Waals surface area contributed by atoms with E-state index in [0.29, 0.717) is 0 Å². The Labute approximate surface area is 252 Å². The monoisotopic (exact) mass is 642 g/mol. The topological polar surface area (TPSA) is 289 Å². The van der Waals surface area contributed by atoms with E-state index in [2.05, 4.69) is 0 Å². The molecule has 3 heterocycles. The largest absolute Gasteiger partial charge is 0.394 e. The van der Waals surface area contributed by atoms with Gasteiger partial charge < -0.3 is 85.0 Å². The maximum Gasteiger partial charge on any atom is 0.187 e. The van der Waals surface area contributed by atoms with Gasteiger partial charge in [0.1, 0.15) is 54.9 Å². The third-order valence-electron chi connectivity index (χ3n) is 9.82. The molecule has 5 fully saturated rings. The van der Waals surface area contributed by atoms with Crippen molar-refractivity contribution < 1.29 is 85.0 Å². The summed E-state index contributed by atoms with van der Waals surface area (Å²) < 4.78 is 29.7. The quantitative estimate of drug-likeness (QED) is 0.123. The lowest BCUT2D eigenvalue weighted by molar-refractivity contribution is -0.345. The van der Waals surface area contributed by atoms with Gasteiger partial charge in [0.2, 0.25) is 0 Å². The fourth-order valence-corrected chi connectivity index (χ4v) is 7.30. The van der Waals surface area contributed by atoms with Gasteiger partial charge in [-0.15, -0.1) is 0 Å². The maximum atomic E-state index is 10.7. The lowest BCUT2D eigenvalue weighted by Gasteiger charge is -2.52. The Balaban J connectivity index is 1.39. The van der Waals surface area contributed by atoms with Crippen LogP contribution in [0.15, 0.2) is 0 Å². The highest BCUT2D eigenvalue weighted by Crippen LogP contribution is 2.45. The van der Waals surface area contributed by atoms with Gasteiger partial charge in [-0.2, -0.15) is 0 Å². The van der Waals surface area contributed by atoms with Gasteiger partial charge >= 0.3 is 0 Å². The first-order chi connectivity index (χ1) is 20.8. The van der Waals surface area contributed by atoms with Crippen molar-refractivity contribution in [2.24, 2.45) is 11.8 Å². The molecule has 0 bridgehead atoms. The fraction of sp³-hybridized carbons (Fsp3) is 1.00. The summed E-state index contributed by atoms with van der Waals surface area (Å²) in [5.74, 6) is -1.15. The minimum atomic E-state index is -1.73. The number of hydrogen-bond donors (Lipinski definition) is 12. The Morgan fingerprint density at radius 3 is 1.50 bits per heavy atom. The molecule has 0 aromatic rings. The van der Waals surface area contributed by atoms with Crippen LogP contribution in [-0.4, -0.2) is 185 Å². The summed E-state index contributed by atoms with van der Waals surface area (Å²) in [6.45, 7) is -1.36. The zero-order valence-corrected chi connectivity index (χ0v) is 23.9. The van der Waals surface area contributed by atoms with Crippen molar-refractivity contribution in [3.63, 3.8) is 0 Å². The summed E-state index contributed by atoms with van der Waals surface area (Å²) in [5, 5.41) is 123. The summed E-state index contributed by atoms with van der Waals surface area (Å²) >= 11 is 0. The lowest BCUT2D eigenvalue weighted by atomic mass is 9.72. The van der Waals surface area contributed by atoms with Crippen LogP contribution in [0.5, 0.6) is 0 Å². The summed E-state index contributed by atoms with van der Waals surface area (Å²) in [4.78, 5) is 0. The molecule has 0 radical (unpaired) electrons. The highest BCUT2D eigenvalue weighted by molar-refractivity contribution is 5.01. The lowest BCUT2D eigenvalue weighted by Crippen LogP contribution is -2.63. The van der Waals surface area contributed by atoms with Crippen molar-refractivity contribution in [1.82, 2.24) is 0 Å². The molecule has 17 heteroatoms. The molecule has 0 spiro atoms. The van der Waals surface area contributed by atoms with E-state index in [-0.39, 0.29) is 32.1 Å². The van der Waals surface area contributed by atoms with Crippen LogP contribution in [0.4, 0.5) is 0 Å². The van der Waals surface area contributed by atoms with Crippen LogP contribution in [0, 0.1) is 11.8 Å². The Kier molecular flexibility index (Phi) is 11.2. The summed E-state index contributed by atoms with van der Waals surface area (Å²) in [7, 11) is 0. The zero-order chi connectivity index (χ0) is 32.0. The predicted octanol–water partition coefficient (Wildman–Crippen LogP) is -6.22. The predicted molar refractivity (Wildman–Crippen MR) is 140 cm³/mol. The van der Waals surface area contributed by atoms with Gasteiger partial charge in [0.15, 0.2) is 12.6 Å². The molecule has 3 aliphatic heterocycles. The van der Waals surface area contributed by atoms with Crippen LogP contribution in [0.1, 0.15) is 32.1 Å². The van der Waals surface area contributed by atoms with Crippen LogP contribution in [0.25, 0.3) is 0 Å². The van der Waals surface area contributed by atoms with Crippen molar-refractivity contribution in [3.05, 3.63) is 0 Å². The van der Waals surface area contributed by atoms with Gasteiger partial charge in [0.05, 0.1) is 55.9 Å². The SMILES string of the molecule is OC[C@H]1O[C@@H](OC2CC(O)CC3OC(C4CC(O)C(O)C(O)C4)C(O[C@@H]4O[C@H](CO)[C@H](O)[C@@H](O)[C@H]4O)CC32)[C@H](O)[C@H](O)[C@H]1O. The number of hydrogen-bond acceptors (Lipinski definition) is 17. The van der Waals surface area contributed by atoms with Gasteiger partial charge in [-0.3, -0.25) is 0 Å². The molecular weight excluding hydrogens is 596 g/mol. The van der Waals surface area contributed by atoms with Gasteiger partial charge in [-0.05, 0) is 31.6 Å². The second kappa shape index (κ2) is 14.2. The number of ether oxygens (including phenoxy) is 5. The van der Waals surface area contributed by atoms with Crippen molar-refractivity contribution in [2.45, 2.75) is 142 Å². The van der Waals surface area contributed by atoms with E-state index < -0.39 is 135 Å². The van der Waals surface area contributed by atoms with E-state index >= 15 is 0 Å². The van der Waals surface area contributed by atoms with Crippen LogP contribution in [-0.2, 0) is 23.7 Å². The molecule has 3 saturated heterocycles. The van der Waals surface area contributed by atoms with Gasteiger partial charge in [0.25, 0.3) is 0 Å². The van der Waals surface area contributed by atoms with Gasteiger partial charge in [-0.25, -0.2) is 0 Å². The first-order valence-corrected chi connectivity index (χ1v) is 15.1. The minimum Gasteiger partial charge on any atom is -0.394 e. The normalized spacial score (nSPS) is 55.4. The molecule has 18 atom stereocenters. The third kappa shape index (κ3) is 6.81. The summed E-state index contributed by atoms with van der Waals surface area (Å²) in [5.41, 5.74) is 0. The Bertz CT molecular complexity index is 915. The molecule has 0 aromatic heterocycles. The minimum absolute atomic E-state index is 0.0160. The van der Waals surface area contributed by atoms with E-state index in [4.69, 9.17) is 23.7 Å². The molecule has 12 N–H and O–H groups in total. The number of rotatable bonds is 7. The molecule has 0 aromatic carbocycles. The average Bonchev–Trinajstić information content (AvgIpc) is 2.99. The number of fused-ring (bicyclic) bond motifs is 1. The highest BCUT2D eigenvalue weighted by Gasteiger charge is 2.54. The molecule has 5 aliphatic rings. The summed E-state index contributed by atoms with van der Waals surface area (Å²) in [6.07, 6.45) is -23.5. The zero-order valence-electron chi connectivity index (χ0n) is 23.9. The second-order valence-corrected chi connectivity index (χ2v) is 12.8. The number of aliphatic hydroxyl groups excluding tert-OH is 12. The Morgan fingerprint density at radius 1 is 0.500 bits per heavy atom. The van der Waals surface area contributed by atoms with Gasteiger partial charge in [-0.1, -0.05) is 0 Å². The van der Waals surface area contributed by atoms with E-state index in [9.17, 15) is 61.3 Å². The molecule has 2 aliphatic carbocycles. The van der Waals surface area contributed by atoms with E-state index in [1.54, 1.807) is 0 Å². The van der Waals surface area contributed by atoms with Crippen LogP contribution < -0.4 is 0 Å². The smallest absolute Gasteiger partial charge is 0.187 e. The molecule has 44 heavy (non-hydrogen) atoms. The van der Waals surface area contributed by atoms with Crippen LogP contribution in [0.3, 0.4) is 0 Å². The number of aliphatic hydroxyl groups is 12. The molecule has 2 saturated carbocycles. The molecule has 17 nitrogen and oxygen atoms in total. The first-order valence-electron chi connectivity index (χ1n) is 15.1.